The van der Waals surface area contributed by atoms with Gasteiger partial charge in [0.25, 0.3) is 5.56 Å². The van der Waals surface area contributed by atoms with Crippen LogP contribution in [0.3, 0.4) is 0 Å². The fourth-order valence-electron chi connectivity index (χ4n) is 3.41. The van der Waals surface area contributed by atoms with E-state index in [-0.39, 0.29) is 23.6 Å². The number of nitrogens with zero attached hydrogens (tertiary/aromatic N) is 4. The number of aromatic nitrogens is 2. The molecule has 4 aromatic rings. The monoisotopic (exact) mass is 474 g/mol. The summed E-state index contributed by atoms with van der Waals surface area (Å²) in [6, 6.07) is 21.5. The lowest BCUT2D eigenvalue weighted by Crippen LogP contribution is -2.29. The SMILES string of the molecule is Cc1ccccc1-n1c(SCC(=O)N(C)CCC#N)nc2sc(-c3ccccc3)cc2c1=O. The summed E-state index contributed by atoms with van der Waals surface area (Å²) in [5.41, 5.74) is 2.57. The summed E-state index contributed by atoms with van der Waals surface area (Å²) in [4.78, 5) is 34.2. The van der Waals surface area contributed by atoms with Gasteiger partial charge in [-0.3, -0.25) is 14.2 Å². The van der Waals surface area contributed by atoms with E-state index in [0.717, 1.165) is 21.7 Å². The second kappa shape index (κ2) is 10.0. The van der Waals surface area contributed by atoms with E-state index in [0.29, 0.717) is 21.9 Å². The van der Waals surface area contributed by atoms with Crippen LogP contribution in [0.5, 0.6) is 0 Å². The molecule has 4 rings (SSSR count). The molecule has 166 valence electrons. The van der Waals surface area contributed by atoms with Gasteiger partial charge >= 0.3 is 0 Å². The molecule has 2 heterocycles. The highest BCUT2D eigenvalue weighted by molar-refractivity contribution is 7.99. The molecule has 6 nitrogen and oxygen atoms in total. The van der Waals surface area contributed by atoms with Crippen molar-refractivity contribution in [3.8, 4) is 22.2 Å². The number of nitriles is 1. The number of hydrogen-bond acceptors (Lipinski definition) is 6. The number of thioether (sulfide) groups is 1. The molecular formula is C25H22N4O2S2. The van der Waals surface area contributed by atoms with E-state index in [2.05, 4.69) is 6.07 Å². The first-order chi connectivity index (χ1) is 16.0. The van der Waals surface area contributed by atoms with Gasteiger partial charge in [-0.2, -0.15) is 5.26 Å². The van der Waals surface area contributed by atoms with Crippen molar-refractivity contribution < 1.29 is 4.79 Å². The number of carbonyl (C=O) groups is 1. The number of amides is 1. The van der Waals surface area contributed by atoms with Crippen LogP contribution in [0, 0.1) is 18.3 Å². The van der Waals surface area contributed by atoms with Gasteiger partial charge < -0.3 is 4.90 Å². The molecule has 0 fully saturated rings. The smallest absolute Gasteiger partial charge is 0.267 e. The quantitative estimate of drug-likeness (QED) is 0.282. The van der Waals surface area contributed by atoms with E-state index < -0.39 is 0 Å². The van der Waals surface area contributed by atoms with Crippen LogP contribution >= 0.6 is 23.1 Å². The topological polar surface area (TPSA) is 79.0 Å². The van der Waals surface area contributed by atoms with Crippen molar-refractivity contribution >= 4 is 39.2 Å². The average Bonchev–Trinajstić information content (AvgIpc) is 3.27. The van der Waals surface area contributed by atoms with Crippen LogP contribution in [0.2, 0.25) is 0 Å². The lowest BCUT2D eigenvalue weighted by Gasteiger charge is -2.17. The first kappa shape index (κ1) is 22.8. The third-order valence-electron chi connectivity index (χ3n) is 5.26. The molecule has 33 heavy (non-hydrogen) atoms. The van der Waals surface area contributed by atoms with Crippen molar-refractivity contribution in [3.05, 3.63) is 76.6 Å². The molecule has 0 aliphatic carbocycles. The third kappa shape index (κ3) is 4.85. The van der Waals surface area contributed by atoms with Crippen molar-refractivity contribution in [2.45, 2.75) is 18.5 Å². The number of thiophene rings is 1. The number of aryl methyl sites for hydroxylation is 1. The second-order valence-corrected chi connectivity index (χ2v) is 9.50. The lowest BCUT2D eigenvalue weighted by atomic mass is 10.2. The molecule has 2 aromatic heterocycles. The Morgan fingerprint density at radius 2 is 1.91 bits per heavy atom. The fraction of sp³-hybridized carbons (Fsp3) is 0.200. The van der Waals surface area contributed by atoms with Gasteiger partial charge in [0.2, 0.25) is 5.91 Å². The number of rotatable bonds is 7. The van der Waals surface area contributed by atoms with Crippen molar-refractivity contribution in [2.24, 2.45) is 0 Å². The number of carbonyl (C=O) groups excluding carboxylic acids is 1. The first-order valence-electron chi connectivity index (χ1n) is 10.4. The number of fused-ring (bicyclic) bond motifs is 1. The molecular weight excluding hydrogens is 452 g/mol. The Kier molecular flexibility index (Phi) is 6.92. The maximum Gasteiger partial charge on any atom is 0.267 e. The van der Waals surface area contributed by atoms with E-state index in [1.165, 1.54) is 28.0 Å². The highest BCUT2D eigenvalue weighted by Crippen LogP contribution is 2.33. The van der Waals surface area contributed by atoms with Gasteiger partial charge in [-0.05, 0) is 30.2 Å². The Hall–Kier alpha value is -3.41. The van der Waals surface area contributed by atoms with Crippen molar-refractivity contribution in [3.63, 3.8) is 0 Å². The number of hydrogen-bond donors (Lipinski definition) is 0. The molecule has 1 amide bonds. The summed E-state index contributed by atoms with van der Waals surface area (Å²) < 4.78 is 1.60. The summed E-state index contributed by atoms with van der Waals surface area (Å²) in [6.45, 7) is 2.32. The van der Waals surface area contributed by atoms with Gasteiger partial charge in [0.15, 0.2) is 5.16 Å². The predicted octanol–water partition coefficient (Wildman–Crippen LogP) is 4.89. The highest BCUT2D eigenvalue weighted by atomic mass is 32.2. The standard InChI is InChI=1S/C25H22N4O2S2/c1-17-9-6-7-12-20(17)29-24(31)19-15-21(18-10-4-3-5-11-18)33-23(19)27-25(29)32-16-22(30)28(2)14-8-13-26/h3-7,9-12,15H,8,14,16H2,1-2H3. The van der Waals surface area contributed by atoms with Crippen LogP contribution in [0.25, 0.3) is 26.3 Å². The zero-order valence-electron chi connectivity index (χ0n) is 18.3. The van der Waals surface area contributed by atoms with Crippen LogP contribution in [0.1, 0.15) is 12.0 Å². The normalized spacial score (nSPS) is 10.8. The largest absolute Gasteiger partial charge is 0.344 e. The van der Waals surface area contributed by atoms with Gasteiger partial charge in [0.05, 0.1) is 29.3 Å². The fourth-order valence-corrected chi connectivity index (χ4v) is 5.43. The minimum atomic E-state index is -0.152. The molecule has 0 saturated carbocycles. The third-order valence-corrected chi connectivity index (χ3v) is 7.26. The van der Waals surface area contributed by atoms with Gasteiger partial charge in [-0.1, -0.05) is 60.3 Å². The van der Waals surface area contributed by atoms with Crippen LogP contribution < -0.4 is 5.56 Å². The van der Waals surface area contributed by atoms with Crippen molar-refractivity contribution in [1.82, 2.24) is 14.5 Å². The van der Waals surface area contributed by atoms with Gasteiger partial charge in [0.1, 0.15) is 4.83 Å². The van der Waals surface area contributed by atoms with Gasteiger partial charge in [0, 0.05) is 18.5 Å². The van der Waals surface area contributed by atoms with E-state index in [1.807, 2.05) is 67.6 Å². The molecule has 0 bridgehead atoms. The summed E-state index contributed by atoms with van der Waals surface area (Å²) >= 11 is 2.71. The summed E-state index contributed by atoms with van der Waals surface area (Å²) in [5.74, 6) is 0.0138. The predicted molar refractivity (Wildman–Crippen MR) is 134 cm³/mol. The van der Waals surface area contributed by atoms with Crippen molar-refractivity contribution in [2.75, 3.05) is 19.3 Å². The van der Waals surface area contributed by atoms with E-state index in [1.54, 1.807) is 11.6 Å². The molecule has 0 atom stereocenters. The Morgan fingerprint density at radius 3 is 2.64 bits per heavy atom. The highest BCUT2D eigenvalue weighted by Gasteiger charge is 2.19. The minimum Gasteiger partial charge on any atom is -0.344 e. The Morgan fingerprint density at radius 1 is 1.18 bits per heavy atom. The van der Waals surface area contributed by atoms with Crippen molar-refractivity contribution in [1.29, 1.82) is 5.26 Å². The van der Waals surface area contributed by atoms with Crippen LogP contribution in [0.15, 0.2) is 70.6 Å². The maximum absolute atomic E-state index is 13.7. The van der Waals surface area contributed by atoms with Crippen LogP contribution in [0.4, 0.5) is 0 Å². The van der Waals surface area contributed by atoms with Crippen LogP contribution in [-0.4, -0.2) is 39.7 Å². The Labute approximate surface area is 200 Å². The lowest BCUT2D eigenvalue weighted by molar-refractivity contribution is -0.127. The molecule has 8 heteroatoms. The molecule has 0 spiro atoms. The molecule has 0 N–H and O–H groups in total. The molecule has 0 unspecified atom stereocenters. The molecule has 0 aliphatic rings. The van der Waals surface area contributed by atoms with E-state index in [4.69, 9.17) is 10.2 Å². The Balaban J connectivity index is 1.79. The minimum absolute atomic E-state index is 0.114. The zero-order chi connectivity index (χ0) is 23.4. The summed E-state index contributed by atoms with van der Waals surface area (Å²) in [7, 11) is 1.68. The zero-order valence-corrected chi connectivity index (χ0v) is 19.9. The summed E-state index contributed by atoms with van der Waals surface area (Å²) in [6.07, 6.45) is 0.280. The van der Waals surface area contributed by atoms with Gasteiger partial charge in [-0.25, -0.2) is 4.98 Å². The van der Waals surface area contributed by atoms with Crippen LogP contribution in [-0.2, 0) is 4.79 Å². The number of benzene rings is 2. The summed E-state index contributed by atoms with van der Waals surface area (Å²) in [5, 5.41) is 9.80. The van der Waals surface area contributed by atoms with E-state index in [9.17, 15) is 9.59 Å². The molecule has 0 saturated heterocycles. The van der Waals surface area contributed by atoms with Gasteiger partial charge in [-0.15, -0.1) is 11.3 Å². The Bertz CT molecular complexity index is 1400. The number of para-hydroxylation sites is 1. The maximum atomic E-state index is 13.7. The average molecular weight is 475 g/mol. The molecule has 0 aliphatic heterocycles. The molecule has 0 radical (unpaired) electrons. The van der Waals surface area contributed by atoms with E-state index >= 15 is 0 Å². The second-order valence-electron chi connectivity index (χ2n) is 7.53. The first-order valence-corrected chi connectivity index (χ1v) is 12.2. The molecule has 2 aromatic carbocycles.